The van der Waals surface area contributed by atoms with E-state index in [2.05, 4.69) is 4.57 Å². The Morgan fingerprint density at radius 1 is 1.10 bits per heavy atom. The number of carbonyl (C=O) groups is 1. The lowest BCUT2D eigenvalue weighted by Crippen LogP contribution is -2.32. The summed E-state index contributed by atoms with van der Waals surface area (Å²) in [6.45, 7) is 3.42. The van der Waals surface area contributed by atoms with Gasteiger partial charge in [0.15, 0.2) is 5.69 Å². The first kappa shape index (κ1) is 20.6. The highest BCUT2D eigenvalue weighted by atomic mass is 35.5. The average molecular weight is 426 g/mol. The first-order chi connectivity index (χ1) is 14.6. The van der Waals surface area contributed by atoms with Crippen LogP contribution < -0.4 is 4.90 Å². The van der Waals surface area contributed by atoms with Crippen LogP contribution >= 0.6 is 11.6 Å². The van der Waals surface area contributed by atoms with Gasteiger partial charge in [0.1, 0.15) is 11.6 Å². The van der Waals surface area contributed by atoms with E-state index in [1.807, 2.05) is 31.2 Å². The molecule has 0 unspecified atom stereocenters. The number of imidazole rings is 1. The van der Waals surface area contributed by atoms with Gasteiger partial charge in [0, 0.05) is 29.4 Å². The molecule has 0 fully saturated rings. The Balaban J connectivity index is 1.79. The Bertz CT molecular complexity index is 1030. The topological polar surface area (TPSA) is 38.1 Å². The number of rotatable bonds is 5. The van der Waals surface area contributed by atoms with Gasteiger partial charge in [-0.15, -0.1) is 0 Å². The highest BCUT2D eigenvalue weighted by molar-refractivity contribution is 6.30. The second-order valence-electron chi connectivity index (χ2n) is 7.63. The van der Waals surface area contributed by atoms with Crippen LogP contribution in [0.15, 0.2) is 48.5 Å². The Labute approximate surface area is 181 Å². The van der Waals surface area contributed by atoms with Crippen LogP contribution in [0.1, 0.15) is 48.8 Å². The zero-order valence-corrected chi connectivity index (χ0v) is 17.8. The third kappa shape index (κ3) is 4.12. The van der Waals surface area contributed by atoms with Gasteiger partial charge in [-0.05, 0) is 74.2 Å². The van der Waals surface area contributed by atoms with E-state index in [9.17, 15) is 9.18 Å². The van der Waals surface area contributed by atoms with Gasteiger partial charge in [0.05, 0.1) is 5.69 Å². The molecular formula is C24H25ClFN3O. The normalized spacial score (nSPS) is 13.6. The van der Waals surface area contributed by atoms with Crippen LogP contribution in [-0.2, 0) is 13.0 Å². The summed E-state index contributed by atoms with van der Waals surface area (Å²) in [4.78, 5) is 20.2. The van der Waals surface area contributed by atoms with Crippen LogP contribution in [0.5, 0.6) is 0 Å². The third-order valence-corrected chi connectivity index (χ3v) is 5.76. The van der Waals surface area contributed by atoms with E-state index in [-0.39, 0.29) is 11.7 Å². The molecule has 0 saturated carbocycles. The predicted octanol–water partition coefficient (Wildman–Crippen LogP) is 6.13. The minimum atomic E-state index is -0.316. The summed E-state index contributed by atoms with van der Waals surface area (Å²) in [5, 5.41) is 0.670. The Hall–Kier alpha value is -2.66. The fourth-order valence-electron chi connectivity index (χ4n) is 4.03. The van der Waals surface area contributed by atoms with Gasteiger partial charge in [-0.2, -0.15) is 0 Å². The summed E-state index contributed by atoms with van der Waals surface area (Å²) in [6, 6.07) is 13.7. The van der Waals surface area contributed by atoms with Crippen LogP contribution in [0.3, 0.4) is 0 Å². The molecule has 3 aromatic rings. The summed E-state index contributed by atoms with van der Waals surface area (Å²) in [7, 11) is 0. The lowest BCUT2D eigenvalue weighted by Gasteiger charge is -2.22. The maximum absolute atomic E-state index is 13.6. The molecule has 0 N–H and O–H groups in total. The fourth-order valence-corrected chi connectivity index (χ4v) is 4.16. The van der Waals surface area contributed by atoms with Gasteiger partial charge in [0.25, 0.3) is 5.91 Å². The van der Waals surface area contributed by atoms with Gasteiger partial charge in [0.2, 0.25) is 0 Å². The van der Waals surface area contributed by atoms with Crippen LogP contribution in [0.25, 0.3) is 11.4 Å². The SMILES string of the molecule is CCCN(C(=O)c1nc(-c2ccc(Cl)cc2)n2c1CCCCC2)c1ccc(F)cc1. The van der Waals surface area contributed by atoms with Gasteiger partial charge in [-0.1, -0.05) is 24.9 Å². The standard InChI is InChI=1S/C24H25ClFN3O/c1-2-15-28(20-13-11-19(26)12-14-20)24(30)22-21-6-4-3-5-16-29(21)23(27-22)17-7-9-18(25)10-8-17/h7-14H,2-6,15-16H2,1H3. The number of nitrogens with zero attached hydrogens (tertiary/aromatic N) is 3. The van der Waals surface area contributed by atoms with Crippen molar-refractivity contribution in [1.82, 2.24) is 9.55 Å². The number of hydrogen-bond donors (Lipinski definition) is 0. The summed E-state index contributed by atoms with van der Waals surface area (Å²) >= 11 is 6.06. The summed E-state index contributed by atoms with van der Waals surface area (Å²) in [5.41, 5.74) is 3.13. The maximum atomic E-state index is 13.6. The number of carbonyl (C=O) groups excluding carboxylic acids is 1. The second kappa shape index (κ2) is 9.00. The van der Waals surface area contributed by atoms with Crippen LogP contribution in [-0.4, -0.2) is 22.0 Å². The minimum absolute atomic E-state index is 0.130. The first-order valence-corrected chi connectivity index (χ1v) is 10.9. The molecular weight excluding hydrogens is 401 g/mol. The number of anilines is 1. The van der Waals surface area contributed by atoms with Crippen molar-refractivity contribution in [2.24, 2.45) is 0 Å². The Kier molecular flexibility index (Phi) is 6.18. The summed E-state index contributed by atoms with van der Waals surface area (Å²) in [6.07, 6.45) is 4.85. The first-order valence-electron chi connectivity index (χ1n) is 10.5. The molecule has 6 heteroatoms. The van der Waals surface area contributed by atoms with E-state index < -0.39 is 0 Å². The molecule has 0 atom stereocenters. The van der Waals surface area contributed by atoms with Gasteiger partial charge in [-0.3, -0.25) is 4.79 Å². The van der Waals surface area contributed by atoms with Crippen molar-refractivity contribution in [2.75, 3.05) is 11.4 Å². The van der Waals surface area contributed by atoms with E-state index in [1.54, 1.807) is 17.0 Å². The summed E-state index contributed by atoms with van der Waals surface area (Å²) in [5.74, 6) is 0.361. The number of benzene rings is 2. The molecule has 2 aromatic carbocycles. The molecule has 0 radical (unpaired) electrons. The van der Waals surface area contributed by atoms with Gasteiger partial charge in [-0.25, -0.2) is 9.37 Å². The monoisotopic (exact) mass is 425 g/mol. The molecule has 0 aliphatic carbocycles. The molecule has 0 bridgehead atoms. The lowest BCUT2D eigenvalue weighted by molar-refractivity contribution is 0.0981. The zero-order chi connectivity index (χ0) is 21.1. The Morgan fingerprint density at radius 3 is 2.53 bits per heavy atom. The van der Waals surface area contributed by atoms with E-state index in [0.29, 0.717) is 22.9 Å². The third-order valence-electron chi connectivity index (χ3n) is 5.50. The van der Waals surface area contributed by atoms with Crippen molar-refractivity contribution in [3.05, 3.63) is 70.8 Å². The molecule has 1 aliphatic rings. The number of hydrogen-bond acceptors (Lipinski definition) is 2. The number of amides is 1. The second-order valence-corrected chi connectivity index (χ2v) is 8.07. The van der Waals surface area contributed by atoms with E-state index >= 15 is 0 Å². The largest absolute Gasteiger partial charge is 0.327 e. The highest BCUT2D eigenvalue weighted by Crippen LogP contribution is 2.30. The fraction of sp³-hybridized carbons (Fsp3) is 0.333. The molecule has 156 valence electrons. The minimum Gasteiger partial charge on any atom is -0.327 e. The molecule has 2 heterocycles. The zero-order valence-electron chi connectivity index (χ0n) is 17.1. The number of halogens is 2. The molecule has 0 spiro atoms. The van der Waals surface area contributed by atoms with Crippen molar-refractivity contribution in [2.45, 2.75) is 45.6 Å². The van der Waals surface area contributed by atoms with Crippen molar-refractivity contribution in [1.29, 1.82) is 0 Å². The molecule has 1 amide bonds. The molecule has 4 rings (SSSR count). The summed E-state index contributed by atoms with van der Waals surface area (Å²) < 4.78 is 15.6. The van der Waals surface area contributed by atoms with E-state index in [4.69, 9.17) is 16.6 Å². The van der Waals surface area contributed by atoms with Crippen molar-refractivity contribution < 1.29 is 9.18 Å². The van der Waals surface area contributed by atoms with Crippen LogP contribution in [0, 0.1) is 5.82 Å². The van der Waals surface area contributed by atoms with Crippen molar-refractivity contribution in [3.63, 3.8) is 0 Å². The predicted molar refractivity (Wildman–Crippen MR) is 119 cm³/mol. The average Bonchev–Trinajstić information content (AvgIpc) is 2.94. The van der Waals surface area contributed by atoms with Gasteiger partial charge < -0.3 is 9.47 Å². The quantitative estimate of drug-likeness (QED) is 0.493. The molecule has 30 heavy (non-hydrogen) atoms. The Morgan fingerprint density at radius 2 is 1.83 bits per heavy atom. The molecule has 1 aromatic heterocycles. The molecule has 4 nitrogen and oxygen atoms in total. The highest BCUT2D eigenvalue weighted by Gasteiger charge is 2.28. The molecule has 1 aliphatic heterocycles. The van der Waals surface area contributed by atoms with Gasteiger partial charge >= 0.3 is 0 Å². The number of aromatic nitrogens is 2. The van der Waals surface area contributed by atoms with E-state index in [0.717, 1.165) is 55.7 Å². The number of fused-ring (bicyclic) bond motifs is 1. The van der Waals surface area contributed by atoms with Crippen molar-refractivity contribution >= 4 is 23.2 Å². The van der Waals surface area contributed by atoms with E-state index in [1.165, 1.54) is 12.1 Å². The van der Waals surface area contributed by atoms with Crippen molar-refractivity contribution in [3.8, 4) is 11.4 Å². The van der Waals surface area contributed by atoms with Crippen LogP contribution in [0.2, 0.25) is 5.02 Å². The maximum Gasteiger partial charge on any atom is 0.278 e. The smallest absolute Gasteiger partial charge is 0.278 e. The lowest BCUT2D eigenvalue weighted by atomic mass is 10.1. The molecule has 0 saturated heterocycles. The van der Waals surface area contributed by atoms with Crippen LogP contribution in [0.4, 0.5) is 10.1 Å².